The van der Waals surface area contributed by atoms with Crippen molar-refractivity contribution >= 4 is 38.9 Å². The maximum Gasteiger partial charge on any atom is 0.263 e. The molecule has 160 valence electrons. The van der Waals surface area contributed by atoms with E-state index in [0.717, 1.165) is 28.1 Å². The van der Waals surface area contributed by atoms with E-state index >= 15 is 0 Å². The number of ketones is 1. The van der Waals surface area contributed by atoms with Gasteiger partial charge in [-0.3, -0.25) is 19.0 Å². The first kappa shape index (κ1) is 20.3. The molecule has 1 aliphatic rings. The molecule has 0 spiro atoms. The smallest absolute Gasteiger partial charge is 0.263 e. The minimum atomic E-state index is -0.217. The number of carbonyl (C=O) groups excluding carboxylic acids is 2. The second kappa shape index (κ2) is 8.16. The zero-order valence-electron chi connectivity index (χ0n) is 17.6. The lowest BCUT2D eigenvalue weighted by atomic mass is 10.0. The van der Waals surface area contributed by atoms with E-state index in [0.29, 0.717) is 28.7 Å². The molecule has 4 aromatic rings. The SMILES string of the molecule is Cc1sc2ncn(CC(=O)c3ccc(N4CCCC4=O)cc3)c(=O)c2c1-c1ccccc1. The lowest BCUT2D eigenvalue weighted by molar-refractivity contribution is -0.117. The topological polar surface area (TPSA) is 72.3 Å². The molecule has 32 heavy (non-hydrogen) atoms. The van der Waals surface area contributed by atoms with Crippen LogP contribution in [-0.4, -0.2) is 27.8 Å². The maximum absolute atomic E-state index is 13.3. The van der Waals surface area contributed by atoms with Crippen molar-refractivity contribution in [2.75, 3.05) is 11.4 Å². The number of fused-ring (bicyclic) bond motifs is 1. The molecule has 0 atom stereocenters. The van der Waals surface area contributed by atoms with E-state index in [-0.39, 0.29) is 23.8 Å². The molecule has 5 rings (SSSR count). The van der Waals surface area contributed by atoms with Gasteiger partial charge in [0.05, 0.1) is 18.3 Å². The average molecular weight is 444 g/mol. The van der Waals surface area contributed by atoms with Gasteiger partial charge in [-0.2, -0.15) is 0 Å². The summed E-state index contributed by atoms with van der Waals surface area (Å²) in [7, 11) is 0. The molecular formula is C25H21N3O3S. The standard InChI is InChI=1S/C25H21N3O3S/c1-16-22(18-6-3-2-4-7-18)23-24(32-16)26-15-27(25(23)31)14-20(29)17-9-11-19(12-10-17)28-13-5-8-21(28)30/h2-4,6-7,9-12,15H,5,8,13-14H2,1H3. The van der Waals surface area contributed by atoms with Crippen molar-refractivity contribution in [3.8, 4) is 11.1 Å². The summed E-state index contributed by atoms with van der Waals surface area (Å²) in [6.45, 7) is 2.60. The first-order chi connectivity index (χ1) is 15.5. The zero-order chi connectivity index (χ0) is 22.2. The van der Waals surface area contributed by atoms with Gasteiger partial charge in [0.1, 0.15) is 4.83 Å². The number of Topliss-reactive ketones (excluding diaryl/α,β-unsaturated/α-hetero) is 1. The lowest BCUT2D eigenvalue weighted by Crippen LogP contribution is -2.25. The fourth-order valence-corrected chi connectivity index (χ4v) is 5.20. The quantitative estimate of drug-likeness (QED) is 0.428. The van der Waals surface area contributed by atoms with Crippen molar-refractivity contribution in [2.45, 2.75) is 26.3 Å². The Balaban J connectivity index is 1.45. The highest BCUT2D eigenvalue weighted by molar-refractivity contribution is 7.19. The Bertz CT molecular complexity index is 1390. The van der Waals surface area contributed by atoms with Crippen LogP contribution in [0.25, 0.3) is 21.3 Å². The molecule has 1 aliphatic heterocycles. The highest BCUT2D eigenvalue weighted by atomic mass is 32.1. The summed E-state index contributed by atoms with van der Waals surface area (Å²) in [6, 6.07) is 16.8. The summed E-state index contributed by atoms with van der Waals surface area (Å²) >= 11 is 1.48. The van der Waals surface area contributed by atoms with Crippen LogP contribution in [-0.2, 0) is 11.3 Å². The Morgan fingerprint density at radius 1 is 1.06 bits per heavy atom. The Labute approximate surface area is 188 Å². The minimum absolute atomic E-state index is 0.0904. The maximum atomic E-state index is 13.3. The highest BCUT2D eigenvalue weighted by Gasteiger charge is 2.22. The number of amides is 1. The van der Waals surface area contributed by atoms with Gasteiger partial charge in [-0.1, -0.05) is 30.3 Å². The summed E-state index contributed by atoms with van der Waals surface area (Å²) in [4.78, 5) is 46.0. The van der Waals surface area contributed by atoms with Gasteiger partial charge in [-0.15, -0.1) is 11.3 Å². The molecule has 2 aromatic carbocycles. The second-order valence-corrected chi connectivity index (χ2v) is 9.08. The van der Waals surface area contributed by atoms with Gasteiger partial charge in [-0.05, 0) is 43.2 Å². The van der Waals surface area contributed by atoms with E-state index in [4.69, 9.17) is 0 Å². The van der Waals surface area contributed by atoms with Gasteiger partial charge in [0, 0.05) is 34.7 Å². The van der Waals surface area contributed by atoms with Crippen LogP contribution in [0.2, 0.25) is 0 Å². The Morgan fingerprint density at radius 2 is 1.81 bits per heavy atom. The zero-order valence-corrected chi connectivity index (χ0v) is 18.4. The van der Waals surface area contributed by atoms with E-state index in [1.54, 1.807) is 29.2 Å². The lowest BCUT2D eigenvalue weighted by Gasteiger charge is -2.15. The van der Waals surface area contributed by atoms with Crippen LogP contribution < -0.4 is 10.5 Å². The number of hydrogen-bond donors (Lipinski definition) is 0. The second-order valence-electron chi connectivity index (χ2n) is 7.88. The normalized spacial score (nSPS) is 13.8. The van der Waals surface area contributed by atoms with Crippen molar-refractivity contribution < 1.29 is 9.59 Å². The third-order valence-electron chi connectivity index (χ3n) is 5.81. The van der Waals surface area contributed by atoms with E-state index in [9.17, 15) is 14.4 Å². The van der Waals surface area contributed by atoms with Gasteiger partial charge in [0.15, 0.2) is 5.78 Å². The number of carbonyl (C=O) groups is 2. The molecule has 0 radical (unpaired) electrons. The number of nitrogens with zero attached hydrogens (tertiary/aromatic N) is 3. The van der Waals surface area contributed by atoms with Crippen molar-refractivity contribution in [3.63, 3.8) is 0 Å². The summed E-state index contributed by atoms with van der Waals surface area (Å²) in [5, 5.41) is 0.553. The van der Waals surface area contributed by atoms with E-state index in [1.165, 1.54) is 22.2 Å². The van der Waals surface area contributed by atoms with Crippen LogP contribution in [0.3, 0.4) is 0 Å². The fourth-order valence-electron chi connectivity index (χ4n) is 4.20. The highest BCUT2D eigenvalue weighted by Crippen LogP contribution is 2.35. The summed E-state index contributed by atoms with van der Waals surface area (Å²) in [5.74, 6) is -0.0731. The molecule has 1 amide bonds. The van der Waals surface area contributed by atoms with Gasteiger partial charge in [0.2, 0.25) is 5.91 Å². The molecule has 0 saturated carbocycles. The first-order valence-corrected chi connectivity index (χ1v) is 11.3. The third kappa shape index (κ3) is 3.54. The van der Waals surface area contributed by atoms with Crippen LogP contribution in [0.4, 0.5) is 5.69 Å². The third-order valence-corrected chi connectivity index (χ3v) is 6.82. The molecule has 2 aromatic heterocycles. The fraction of sp³-hybridized carbons (Fsp3) is 0.200. The van der Waals surface area contributed by atoms with Crippen molar-refractivity contribution in [3.05, 3.63) is 81.7 Å². The molecule has 1 saturated heterocycles. The molecule has 0 unspecified atom stereocenters. The van der Waals surface area contributed by atoms with Crippen LogP contribution >= 0.6 is 11.3 Å². The summed E-state index contributed by atoms with van der Waals surface area (Å²) in [5.41, 5.74) is 2.92. The molecule has 3 heterocycles. The Hall–Kier alpha value is -3.58. The number of hydrogen-bond acceptors (Lipinski definition) is 5. The van der Waals surface area contributed by atoms with E-state index in [1.807, 2.05) is 37.3 Å². The molecule has 7 heteroatoms. The van der Waals surface area contributed by atoms with Crippen LogP contribution in [0.15, 0.2) is 65.7 Å². The molecule has 0 aliphatic carbocycles. The Kier molecular flexibility index (Phi) is 5.19. The number of rotatable bonds is 5. The van der Waals surface area contributed by atoms with Crippen LogP contribution in [0.5, 0.6) is 0 Å². The molecule has 0 N–H and O–H groups in total. The van der Waals surface area contributed by atoms with Crippen molar-refractivity contribution in [1.82, 2.24) is 9.55 Å². The molecule has 1 fully saturated rings. The van der Waals surface area contributed by atoms with E-state index in [2.05, 4.69) is 4.98 Å². The molecule has 0 bridgehead atoms. The summed E-state index contributed by atoms with van der Waals surface area (Å²) < 4.78 is 1.38. The van der Waals surface area contributed by atoms with Gasteiger partial charge < -0.3 is 4.90 Å². The summed E-state index contributed by atoms with van der Waals surface area (Å²) in [6.07, 6.45) is 2.86. The minimum Gasteiger partial charge on any atom is -0.312 e. The predicted octanol–water partition coefficient (Wildman–Crippen LogP) is 4.44. The van der Waals surface area contributed by atoms with Gasteiger partial charge in [0.25, 0.3) is 5.56 Å². The Morgan fingerprint density at radius 3 is 2.50 bits per heavy atom. The van der Waals surface area contributed by atoms with Crippen molar-refractivity contribution in [1.29, 1.82) is 0 Å². The van der Waals surface area contributed by atoms with Crippen LogP contribution in [0.1, 0.15) is 28.1 Å². The number of aromatic nitrogens is 2. The van der Waals surface area contributed by atoms with Crippen LogP contribution in [0, 0.1) is 6.92 Å². The molecular weight excluding hydrogens is 422 g/mol. The predicted molar refractivity (Wildman–Crippen MR) is 126 cm³/mol. The number of aryl methyl sites for hydroxylation is 1. The first-order valence-electron chi connectivity index (χ1n) is 10.5. The van der Waals surface area contributed by atoms with Crippen molar-refractivity contribution in [2.24, 2.45) is 0 Å². The van der Waals surface area contributed by atoms with Gasteiger partial charge >= 0.3 is 0 Å². The molecule has 6 nitrogen and oxygen atoms in total. The number of anilines is 1. The number of benzene rings is 2. The monoisotopic (exact) mass is 443 g/mol. The van der Waals surface area contributed by atoms with E-state index < -0.39 is 0 Å². The average Bonchev–Trinajstić information content (AvgIpc) is 3.39. The van der Waals surface area contributed by atoms with Gasteiger partial charge in [-0.25, -0.2) is 4.98 Å². The number of thiophene rings is 1. The largest absolute Gasteiger partial charge is 0.312 e.